The summed E-state index contributed by atoms with van der Waals surface area (Å²) >= 11 is 1.03. The molecule has 35 heavy (non-hydrogen) atoms. The topological polar surface area (TPSA) is 95.5 Å². The molecule has 0 saturated heterocycles. The molecule has 2 N–H and O–H groups in total. The molecule has 0 spiro atoms. The van der Waals surface area contributed by atoms with E-state index in [1.165, 1.54) is 31.4 Å². The van der Waals surface area contributed by atoms with Crippen molar-refractivity contribution in [1.82, 2.24) is 4.57 Å². The summed E-state index contributed by atoms with van der Waals surface area (Å²) < 4.78 is 35.6. The van der Waals surface area contributed by atoms with Crippen LogP contribution in [0, 0.1) is 29.9 Å². The lowest BCUT2D eigenvalue weighted by Gasteiger charge is -2.26. The van der Waals surface area contributed by atoms with E-state index >= 15 is 0 Å². The van der Waals surface area contributed by atoms with Gasteiger partial charge in [-0.3, -0.25) is 0 Å². The average molecular weight is 497 g/mol. The van der Waals surface area contributed by atoms with E-state index in [2.05, 4.69) is 6.07 Å². The number of fused-ring (bicyclic) bond motifs is 1. The molecule has 6 nitrogen and oxygen atoms in total. The van der Waals surface area contributed by atoms with Crippen LogP contribution in [0.2, 0.25) is 0 Å². The highest BCUT2D eigenvalue weighted by Gasteiger charge is 2.34. The number of halogens is 2. The summed E-state index contributed by atoms with van der Waals surface area (Å²) in [5, 5.41) is 30.4. The summed E-state index contributed by atoms with van der Waals surface area (Å²) in [5.74, 6) is -2.72. The Hall–Kier alpha value is -3.90. The minimum absolute atomic E-state index is 0.0318. The molecule has 0 aliphatic carbocycles. The number of aromatic carboxylic acids is 1. The molecule has 0 atom stereocenters. The van der Waals surface area contributed by atoms with Crippen molar-refractivity contribution >= 4 is 28.2 Å². The summed E-state index contributed by atoms with van der Waals surface area (Å²) in [6.07, 6.45) is 0.0635. The Bertz CT molecular complexity index is 1530. The summed E-state index contributed by atoms with van der Waals surface area (Å²) in [4.78, 5) is 12.4. The van der Waals surface area contributed by atoms with Crippen LogP contribution in [0.15, 0.2) is 36.4 Å². The van der Waals surface area contributed by atoms with E-state index < -0.39 is 23.0 Å². The number of phenolic OH excluding ortho intramolecular Hbond substituents is 1. The van der Waals surface area contributed by atoms with Crippen LogP contribution in [-0.2, 0) is 5.41 Å². The minimum Gasteiger partial charge on any atom is -0.507 e. The number of hydrogen-bond donors (Lipinski definition) is 2. The number of carboxylic acids is 1. The Morgan fingerprint density at radius 2 is 1.94 bits per heavy atom. The smallest absolute Gasteiger partial charge is 0.346 e. The predicted octanol–water partition coefficient (Wildman–Crippen LogP) is 6.55. The summed E-state index contributed by atoms with van der Waals surface area (Å²) in [7, 11) is 1.33. The minimum atomic E-state index is -1.08. The number of phenols is 1. The second-order valence-corrected chi connectivity index (χ2v) is 9.90. The van der Waals surface area contributed by atoms with Gasteiger partial charge in [0, 0.05) is 45.8 Å². The molecule has 0 bridgehead atoms. The lowest BCUT2D eigenvalue weighted by Crippen LogP contribution is -2.21. The van der Waals surface area contributed by atoms with E-state index in [1.807, 2.05) is 13.8 Å². The highest BCUT2D eigenvalue weighted by molar-refractivity contribution is 7.17. The first-order valence-corrected chi connectivity index (χ1v) is 11.4. The van der Waals surface area contributed by atoms with Gasteiger partial charge in [0.05, 0.1) is 24.1 Å². The maximum absolute atomic E-state index is 14.6. The van der Waals surface area contributed by atoms with E-state index in [9.17, 15) is 29.1 Å². The van der Waals surface area contributed by atoms with Crippen LogP contribution in [0.25, 0.3) is 27.0 Å². The number of benzene rings is 2. The summed E-state index contributed by atoms with van der Waals surface area (Å²) in [6.45, 7) is 5.33. The molecule has 0 radical (unpaired) electrons. The van der Waals surface area contributed by atoms with Crippen molar-refractivity contribution in [3.63, 3.8) is 0 Å². The molecule has 0 saturated carbocycles. The lowest BCUT2D eigenvalue weighted by molar-refractivity contribution is 0.0701. The van der Waals surface area contributed by atoms with E-state index in [-0.39, 0.29) is 28.3 Å². The predicted molar refractivity (Wildman–Crippen MR) is 130 cm³/mol. The Labute approximate surface area is 204 Å². The Kier molecular flexibility index (Phi) is 6.03. The molecule has 4 rings (SSSR count). The van der Waals surface area contributed by atoms with Gasteiger partial charge < -0.3 is 19.5 Å². The third-order valence-corrected chi connectivity index (χ3v) is 7.17. The van der Waals surface area contributed by atoms with Crippen molar-refractivity contribution in [3.05, 3.63) is 64.2 Å². The zero-order chi connectivity index (χ0) is 25.7. The Morgan fingerprint density at radius 3 is 2.54 bits per heavy atom. The Balaban J connectivity index is 2.24. The molecule has 2 aromatic carbocycles. The number of nitriles is 1. The van der Waals surface area contributed by atoms with E-state index in [1.54, 1.807) is 17.6 Å². The van der Waals surface area contributed by atoms with Gasteiger partial charge >= 0.3 is 5.97 Å². The van der Waals surface area contributed by atoms with Crippen LogP contribution >= 0.6 is 11.3 Å². The highest BCUT2D eigenvalue weighted by Crippen LogP contribution is 2.49. The van der Waals surface area contributed by atoms with Crippen LogP contribution < -0.4 is 4.74 Å². The van der Waals surface area contributed by atoms with E-state index in [0.717, 1.165) is 17.4 Å². The van der Waals surface area contributed by atoms with Gasteiger partial charge in [-0.05, 0) is 36.8 Å². The molecule has 0 unspecified atom stereocenters. The number of ether oxygens (including phenoxy) is 1. The van der Waals surface area contributed by atoms with Gasteiger partial charge in [-0.15, -0.1) is 11.3 Å². The van der Waals surface area contributed by atoms with Crippen LogP contribution in [0.5, 0.6) is 11.5 Å². The van der Waals surface area contributed by atoms with Gasteiger partial charge in [0.15, 0.2) is 11.6 Å². The zero-order valence-corrected chi connectivity index (χ0v) is 20.3. The van der Waals surface area contributed by atoms with Crippen molar-refractivity contribution in [3.8, 4) is 33.7 Å². The van der Waals surface area contributed by atoms with Crippen molar-refractivity contribution in [2.45, 2.75) is 32.6 Å². The standard InChI is InChI=1S/C26H22F2N2O4S/c1-13-9-20(35-23(13)25(32)33)22-21-17(10-14(27)11-18(21)31)30(24(22)26(2,3)7-8-29)15-5-6-16(28)19(12-15)34-4/h5-6,9-12,31H,7H2,1-4H3,(H,32,33). The number of aromatic nitrogens is 1. The number of thiophene rings is 1. The number of carboxylic acid groups (broad SMARTS) is 1. The van der Waals surface area contributed by atoms with Crippen molar-refractivity contribution < 1.29 is 28.5 Å². The summed E-state index contributed by atoms with van der Waals surface area (Å²) in [6, 6.07) is 10.3. The maximum Gasteiger partial charge on any atom is 0.346 e. The molecule has 2 aromatic heterocycles. The zero-order valence-electron chi connectivity index (χ0n) is 19.4. The first-order chi connectivity index (χ1) is 16.5. The number of hydrogen-bond acceptors (Lipinski definition) is 5. The number of carbonyl (C=O) groups is 1. The van der Waals surface area contributed by atoms with Crippen LogP contribution in [0.4, 0.5) is 8.78 Å². The van der Waals surface area contributed by atoms with E-state index in [0.29, 0.717) is 32.8 Å². The van der Waals surface area contributed by atoms with Crippen LogP contribution in [0.1, 0.15) is 41.2 Å². The van der Waals surface area contributed by atoms with Crippen molar-refractivity contribution in [1.29, 1.82) is 5.26 Å². The number of rotatable bonds is 6. The molecular formula is C26H22F2N2O4S. The quantitative estimate of drug-likeness (QED) is 0.316. The van der Waals surface area contributed by atoms with Gasteiger partial charge in [-0.1, -0.05) is 13.8 Å². The number of aryl methyl sites for hydroxylation is 1. The van der Waals surface area contributed by atoms with Crippen LogP contribution in [-0.4, -0.2) is 27.9 Å². The fraction of sp³-hybridized carbons (Fsp3) is 0.231. The second-order valence-electron chi connectivity index (χ2n) is 8.84. The SMILES string of the molecule is COc1cc(-n2c(C(C)(C)CC#N)c(-c3cc(C)c(C(=O)O)s3)c3c(O)cc(F)cc32)ccc1F. The lowest BCUT2D eigenvalue weighted by atomic mass is 9.83. The first kappa shape index (κ1) is 24.2. The molecule has 2 heterocycles. The molecule has 0 aliphatic rings. The normalized spacial score (nSPS) is 11.6. The van der Waals surface area contributed by atoms with Gasteiger partial charge in [0.1, 0.15) is 16.4 Å². The third-order valence-electron chi connectivity index (χ3n) is 5.93. The fourth-order valence-corrected chi connectivity index (χ4v) is 5.46. The number of aromatic hydroxyl groups is 1. The number of methoxy groups -OCH3 is 1. The largest absolute Gasteiger partial charge is 0.507 e. The van der Waals surface area contributed by atoms with Crippen LogP contribution in [0.3, 0.4) is 0 Å². The van der Waals surface area contributed by atoms with Gasteiger partial charge in [-0.2, -0.15) is 5.26 Å². The third kappa shape index (κ3) is 4.00. The van der Waals surface area contributed by atoms with Crippen molar-refractivity contribution in [2.75, 3.05) is 7.11 Å². The number of nitrogens with zero attached hydrogens (tertiary/aromatic N) is 2. The molecule has 0 aliphatic heterocycles. The monoisotopic (exact) mass is 496 g/mol. The van der Waals surface area contributed by atoms with Gasteiger partial charge in [0.2, 0.25) is 0 Å². The Morgan fingerprint density at radius 1 is 1.23 bits per heavy atom. The first-order valence-electron chi connectivity index (χ1n) is 10.6. The molecule has 180 valence electrons. The van der Waals surface area contributed by atoms with E-state index in [4.69, 9.17) is 4.74 Å². The fourth-order valence-electron chi connectivity index (χ4n) is 4.40. The summed E-state index contributed by atoms with van der Waals surface area (Å²) in [5.41, 5.74) is 1.44. The molecule has 9 heteroatoms. The van der Waals surface area contributed by atoms with Crippen molar-refractivity contribution in [2.24, 2.45) is 0 Å². The molecule has 0 amide bonds. The second kappa shape index (κ2) is 8.71. The maximum atomic E-state index is 14.6. The molecule has 0 fully saturated rings. The highest BCUT2D eigenvalue weighted by atomic mass is 32.1. The average Bonchev–Trinajstić information content (AvgIpc) is 3.33. The molecule has 4 aromatic rings. The van der Waals surface area contributed by atoms with Gasteiger partial charge in [0.25, 0.3) is 0 Å². The van der Waals surface area contributed by atoms with Gasteiger partial charge in [-0.25, -0.2) is 13.6 Å². The molecular weight excluding hydrogens is 474 g/mol.